The van der Waals surface area contributed by atoms with E-state index in [0.29, 0.717) is 32.2 Å². The highest BCUT2D eigenvalue weighted by atomic mass is 16.3. The predicted octanol–water partition coefficient (Wildman–Crippen LogP) is 0.570. The van der Waals surface area contributed by atoms with Gasteiger partial charge in [0.05, 0.1) is 0 Å². The number of carbonyl (C=O) groups is 2. The lowest BCUT2D eigenvalue weighted by Gasteiger charge is -2.11. The van der Waals surface area contributed by atoms with Gasteiger partial charge in [-0.3, -0.25) is 9.59 Å². The molecule has 0 spiro atoms. The maximum atomic E-state index is 11.4. The Morgan fingerprint density at radius 3 is 2.47 bits per heavy atom. The molecule has 0 radical (unpaired) electrons. The number of rotatable bonds is 9. The van der Waals surface area contributed by atoms with Crippen molar-refractivity contribution in [2.24, 2.45) is 0 Å². The zero-order valence-corrected chi connectivity index (χ0v) is 10.8. The molecule has 0 aliphatic carbocycles. The Hall–Kier alpha value is -1.10. The van der Waals surface area contributed by atoms with Gasteiger partial charge in [-0.15, -0.1) is 0 Å². The van der Waals surface area contributed by atoms with Crippen LogP contribution in [0.2, 0.25) is 0 Å². The van der Waals surface area contributed by atoms with E-state index in [9.17, 15) is 9.59 Å². The van der Waals surface area contributed by atoms with Gasteiger partial charge in [0.1, 0.15) is 0 Å². The molecule has 0 aromatic carbocycles. The minimum Gasteiger partial charge on any atom is -0.396 e. The number of amides is 2. The van der Waals surface area contributed by atoms with E-state index in [1.807, 2.05) is 13.8 Å². The van der Waals surface area contributed by atoms with Crippen molar-refractivity contribution in [3.05, 3.63) is 0 Å². The third-order valence-electron chi connectivity index (χ3n) is 2.51. The van der Waals surface area contributed by atoms with Crippen LogP contribution in [0.15, 0.2) is 0 Å². The molecule has 5 heteroatoms. The molecule has 0 aliphatic heterocycles. The first-order chi connectivity index (χ1) is 8.10. The van der Waals surface area contributed by atoms with Crippen molar-refractivity contribution in [3.8, 4) is 0 Å². The van der Waals surface area contributed by atoms with E-state index in [4.69, 9.17) is 5.11 Å². The maximum absolute atomic E-state index is 11.4. The van der Waals surface area contributed by atoms with Gasteiger partial charge in [0, 0.05) is 32.0 Å². The van der Waals surface area contributed by atoms with Crippen LogP contribution >= 0.6 is 0 Å². The van der Waals surface area contributed by atoms with Crippen molar-refractivity contribution < 1.29 is 14.7 Å². The van der Waals surface area contributed by atoms with E-state index in [2.05, 4.69) is 10.6 Å². The molecule has 0 rings (SSSR count). The lowest BCUT2D eigenvalue weighted by molar-refractivity contribution is -0.122. The van der Waals surface area contributed by atoms with Crippen molar-refractivity contribution in [2.75, 3.05) is 13.2 Å². The fourth-order valence-electron chi connectivity index (χ4n) is 1.25. The molecule has 2 amide bonds. The van der Waals surface area contributed by atoms with Crippen LogP contribution in [0.5, 0.6) is 0 Å². The van der Waals surface area contributed by atoms with Crippen LogP contribution in [-0.2, 0) is 9.59 Å². The van der Waals surface area contributed by atoms with E-state index in [-0.39, 0.29) is 24.5 Å². The van der Waals surface area contributed by atoms with Gasteiger partial charge in [0.15, 0.2) is 0 Å². The lowest BCUT2D eigenvalue weighted by Crippen LogP contribution is -2.35. The molecule has 0 fully saturated rings. The Kier molecular flexibility index (Phi) is 9.43. The smallest absolute Gasteiger partial charge is 0.221 e. The largest absolute Gasteiger partial charge is 0.396 e. The summed E-state index contributed by atoms with van der Waals surface area (Å²) < 4.78 is 0. The van der Waals surface area contributed by atoms with Gasteiger partial charge in [-0.1, -0.05) is 6.92 Å². The molecule has 3 N–H and O–H groups in total. The third kappa shape index (κ3) is 9.81. The molecule has 0 bridgehead atoms. The number of carbonyl (C=O) groups excluding carboxylic acids is 2. The molecule has 0 aliphatic rings. The molecular formula is C12H24N2O3. The first-order valence-electron chi connectivity index (χ1n) is 6.27. The predicted molar refractivity (Wildman–Crippen MR) is 66.5 cm³/mol. The van der Waals surface area contributed by atoms with E-state index in [1.54, 1.807) is 0 Å². The van der Waals surface area contributed by atoms with Crippen LogP contribution in [0.4, 0.5) is 0 Å². The first-order valence-corrected chi connectivity index (χ1v) is 6.27. The summed E-state index contributed by atoms with van der Waals surface area (Å²) in [6.45, 7) is 4.45. The summed E-state index contributed by atoms with van der Waals surface area (Å²) in [4.78, 5) is 22.6. The first kappa shape index (κ1) is 15.9. The quantitative estimate of drug-likeness (QED) is 0.519. The summed E-state index contributed by atoms with van der Waals surface area (Å²) in [6.07, 6.45) is 2.95. The number of unbranched alkanes of at least 4 members (excludes halogenated alkanes) is 1. The second-order valence-corrected chi connectivity index (χ2v) is 4.16. The number of aliphatic hydroxyl groups excluding tert-OH is 1. The van der Waals surface area contributed by atoms with Gasteiger partial charge in [0.2, 0.25) is 11.8 Å². The van der Waals surface area contributed by atoms with Gasteiger partial charge in [-0.2, -0.15) is 0 Å². The van der Waals surface area contributed by atoms with Gasteiger partial charge >= 0.3 is 0 Å². The average molecular weight is 244 g/mol. The van der Waals surface area contributed by atoms with Gasteiger partial charge in [-0.25, -0.2) is 0 Å². The molecule has 100 valence electrons. The lowest BCUT2D eigenvalue weighted by atomic mass is 10.2. The number of hydrogen-bond acceptors (Lipinski definition) is 3. The molecule has 0 aromatic rings. The highest BCUT2D eigenvalue weighted by Gasteiger charge is 2.06. The highest BCUT2D eigenvalue weighted by Crippen LogP contribution is 1.94. The van der Waals surface area contributed by atoms with Crippen molar-refractivity contribution in [3.63, 3.8) is 0 Å². The monoisotopic (exact) mass is 244 g/mol. The van der Waals surface area contributed by atoms with Crippen molar-refractivity contribution in [1.82, 2.24) is 10.6 Å². The zero-order valence-electron chi connectivity index (χ0n) is 10.8. The van der Waals surface area contributed by atoms with Crippen LogP contribution in [0.1, 0.15) is 46.0 Å². The van der Waals surface area contributed by atoms with E-state index in [0.717, 1.165) is 6.42 Å². The molecule has 0 saturated carbocycles. The second-order valence-electron chi connectivity index (χ2n) is 4.16. The SMILES string of the molecule is CCC(C)NC(=O)CCNC(=O)CCCCO. The normalized spacial score (nSPS) is 11.9. The Balaban J connectivity index is 3.49. The standard InChI is InChI=1S/C12H24N2O3/c1-3-10(2)14-12(17)7-8-13-11(16)6-4-5-9-15/h10,15H,3-9H2,1-2H3,(H,13,16)(H,14,17). The zero-order chi connectivity index (χ0) is 13.1. The van der Waals surface area contributed by atoms with Crippen LogP contribution < -0.4 is 10.6 Å². The summed E-state index contributed by atoms with van der Waals surface area (Å²) in [5, 5.41) is 14.1. The van der Waals surface area contributed by atoms with Crippen LogP contribution in [-0.4, -0.2) is 36.1 Å². The Bertz CT molecular complexity index is 232. The van der Waals surface area contributed by atoms with E-state index < -0.39 is 0 Å². The van der Waals surface area contributed by atoms with Crippen molar-refractivity contribution in [2.45, 2.75) is 52.0 Å². The van der Waals surface area contributed by atoms with Crippen molar-refractivity contribution >= 4 is 11.8 Å². The number of nitrogens with one attached hydrogen (secondary N) is 2. The minimum absolute atomic E-state index is 0.0324. The Morgan fingerprint density at radius 2 is 1.88 bits per heavy atom. The maximum Gasteiger partial charge on any atom is 0.221 e. The summed E-state index contributed by atoms with van der Waals surface area (Å²) in [7, 11) is 0. The Morgan fingerprint density at radius 1 is 1.18 bits per heavy atom. The molecule has 1 atom stereocenters. The topological polar surface area (TPSA) is 78.4 Å². The Labute approximate surface area is 103 Å². The molecule has 17 heavy (non-hydrogen) atoms. The van der Waals surface area contributed by atoms with Crippen LogP contribution in [0.25, 0.3) is 0 Å². The summed E-state index contributed by atoms with van der Waals surface area (Å²) in [5.74, 6) is -0.0928. The third-order valence-corrected chi connectivity index (χ3v) is 2.51. The summed E-state index contributed by atoms with van der Waals surface area (Å²) in [6, 6.07) is 0.183. The average Bonchev–Trinajstić information content (AvgIpc) is 2.29. The molecular weight excluding hydrogens is 220 g/mol. The van der Waals surface area contributed by atoms with Gasteiger partial charge in [-0.05, 0) is 26.2 Å². The molecule has 0 aromatic heterocycles. The number of hydrogen-bond donors (Lipinski definition) is 3. The van der Waals surface area contributed by atoms with E-state index in [1.165, 1.54) is 0 Å². The minimum atomic E-state index is -0.0604. The molecule has 0 saturated heterocycles. The van der Waals surface area contributed by atoms with Crippen LogP contribution in [0, 0.1) is 0 Å². The summed E-state index contributed by atoms with van der Waals surface area (Å²) in [5.41, 5.74) is 0. The summed E-state index contributed by atoms with van der Waals surface area (Å²) >= 11 is 0. The van der Waals surface area contributed by atoms with E-state index >= 15 is 0 Å². The molecule has 1 unspecified atom stereocenters. The second kappa shape index (κ2) is 10.1. The van der Waals surface area contributed by atoms with Crippen molar-refractivity contribution in [1.29, 1.82) is 0 Å². The fourth-order valence-corrected chi connectivity index (χ4v) is 1.25. The van der Waals surface area contributed by atoms with Gasteiger partial charge < -0.3 is 15.7 Å². The molecule has 0 heterocycles. The fraction of sp³-hybridized carbons (Fsp3) is 0.833. The number of aliphatic hydroxyl groups is 1. The van der Waals surface area contributed by atoms with Crippen LogP contribution in [0.3, 0.4) is 0 Å². The molecule has 5 nitrogen and oxygen atoms in total. The van der Waals surface area contributed by atoms with Gasteiger partial charge in [0.25, 0.3) is 0 Å². The highest BCUT2D eigenvalue weighted by molar-refractivity contribution is 5.79.